The lowest BCUT2D eigenvalue weighted by atomic mass is 10.1. The van der Waals surface area contributed by atoms with Gasteiger partial charge in [-0.2, -0.15) is 9.41 Å². The molecule has 1 N–H and O–H groups in total. The molecule has 2 aromatic rings. The Kier molecular flexibility index (Phi) is 6.55. The topological polar surface area (TPSA) is 167 Å². The Morgan fingerprint density at radius 1 is 1.09 bits per heavy atom. The van der Waals surface area contributed by atoms with Crippen molar-refractivity contribution in [1.82, 2.24) is 4.31 Å². The number of fused-ring (bicyclic) bond motifs is 1. The van der Waals surface area contributed by atoms with Crippen molar-refractivity contribution in [3.05, 3.63) is 56.1 Å². The average Bonchev–Trinajstić information content (AvgIpc) is 3.21. The van der Waals surface area contributed by atoms with Gasteiger partial charge in [-0.15, -0.1) is 0 Å². The Morgan fingerprint density at radius 3 is 2.34 bits per heavy atom. The summed E-state index contributed by atoms with van der Waals surface area (Å²) in [4.78, 5) is 20.9. The maximum Gasteiger partial charge on any atom is 0.282 e. The summed E-state index contributed by atoms with van der Waals surface area (Å²) in [7, 11) is -4.06. The van der Waals surface area contributed by atoms with Gasteiger partial charge in [0.2, 0.25) is 16.8 Å². The molecule has 13 nitrogen and oxygen atoms in total. The van der Waals surface area contributed by atoms with E-state index in [1.165, 1.54) is 18.2 Å². The summed E-state index contributed by atoms with van der Waals surface area (Å²) in [6, 6.07) is 5.84. The summed E-state index contributed by atoms with van der Waals surface area (Å²) in [5.74, 6) is 0.530. The minimum atomic E-state index is -4.06. The lowest BCUT2D eigenvalue weighted by Gasteiger charge is -2.20. The van der Waals surface area contributed by atoms with Crippen molar-refractivity contribution >= 4 is 33.3 Å². The first-order chi connectivity index (χ1) is 15.2. The molecule has 14 heteroatoms. The third-order valence-electron chi connectivity index (χ3n) is 4.61. The Hall–Kier alpha value is -3.78. The van der Waals surface area contributed by atoms with E-state index in [4.69, 9.17) is 9.47 Å². The second kappa shape index (κ2) is 9.15. The highest BCUT2D eigenvalue weighted by Gasteiger charge is 2.27. The first-order valence-corrected chi connectivity index (χ1v) is 10.8. The molecule has 1 aliphatic rings. The van der Waals surface area contributed by atoms with E-state index in [1.54, 1.807) is 13.8 Å². The van der Waals surface area contributed by atoms with Gasteiger partial charge in [-0.3, -0.25) is 25.7 Å². The van der Waals surface area contributed by atoms with E-state index in [1.807, 2.05) is 0 Å². The molecule has 0 unspecified atom stereocenters. The molecule has 0 spiro atoms. The van der Waals surface area contributed by atoms with E-state index < -0.39 is 25.6 Å². The van der Waals surface area contributed by atoms with Crippen LogP contribution in [0.1, 0.15) is 19.4 Å². The number of anilines is 1. The maximum absolute atomic E-state index is 13.0. The van der Waals surface area contributed by atoms with Crippen LogP contribution in [0.4, 0.5) is 17.1 Å². The summed E-state index contributed by atoms with van der Waals surface area (Å²) in [5, 5.41) is 26.4. The molecule has 32 heavy (non-hydrogen) atoms. The third-order valence-corrected chi connectivity index (χ3v) is 6.70. The fraction of sp³-hybridized carbons (Fsp3) is 0.278. The van der Waals surface area contributed by atoms with E-state index in [2.05, 4.69) is 10.5 Å². The van der Waals surface area contributed by atoms with Crippen molar-refractivity contribution in [2.45, 2.75) is 18.7 Å². The molecular weight excluding hydrogens is 446 g/mol. The van der Waals surface area contributed by atoms with Crippen molar-refractivity contribution < 1.29 is 27.7 Å². The fourth-order valence-corrected chi connectivity index (χ4v) is 4.63. The van der Waals surface area contributed by atoms with Crippen LogP contribution in [-0.2, 0) is 10.0 Å². The third kappa shape index (κ3) is 4.45. The van der Waals surface area contributed by atoms with Crippen LogP contribution < -0.4 is 14.9 Å². The predicted molar refractivity (Wildman–Crippen MR) is 114 cm³/mol. The van der Waals surface area contributed by atoms with Gasteiger partial charge >= 0.3 is 0 Å². The summed E-state index contributed by atoms with van der Waals surface area (Å²) < 4.78 is 37.5. The monoisotopic (exact) mass is 465 g/mol. The van der Waals surface area contributed by atoms with Gasteiger partial charge in [0.1, 0.15) is 4.90 Å². The standard InChI is InChI=1S/C18H19N5O8S/c1-3-21(4-2)32(28,29)18-8-13(22(24)25)5-6-14(18)20-19-10-12-7-16-17(31-11-30-16)9-15(12)23(26)27/h5-10,20H,3-4,11H2,1-2H3/b19-10+. The molecule has 2 aromatic carbocycles. The predicted octanol–water partition coefficient (Wildman–Crippen LogP) is 2.71. The Labute approximate surface area is 182 Å². The SMILES string of the molecule is CCN(CC)S(=O)(=O)c1cc([N+](=O)[O-])ccc1N/N=C/c1cc2c(cc1[N+](=O)[O-])OCO2. The molecule has 0 radical (unpaired) electrons. The lowest BCUT2D eigenvalue weighted by Crippen LogP contribution is -2.31. The quantitative estimate of drug-likeness (QED) is 0.333. The first kappa shape index (κ1) is 22.9. The largest absolute Gasteiger partial charge is 0.454 e. The van der Waals surface area contributed by atoms with Gasteiger partial charge in [-0.1, -0.05) is 13.8 Å². The van der Waals surface area contributed by atoms with Crippen LogP contribution in [0.2, 0.25) is 0 Å². The maximum atomic E-state index is 13.0. The molecule has 0 aliphatic carbocycles. The molecule has 0 saturated carbocycles. The fourth-order valence-electron chi connectivity index (χ4n) is 3.01. The number of benzene rings is 2. The number of nitro benzene ring substituents is 2. The Morgan fingerprint density at radius 2 is 1.75 bits per heavy atom. The van der Waals surface area contributed by atoms with E-state index in [0.29, 0.717) is 5.75 Å². The minimum absolute atomic E-state index is 0.0258. The van der Waals surface area contributed by atoms with Gasteiger partial charge in [-0.05, 0) is 12.1 Å². The Bertz CT molecular complexity index is 1190. The summed E-state index contributed by atoms with van der Waals surface area (Å²) in [6.07, 6.45) is 1.12. The van der Waals surface area contributed by atoms with Crippen LogP contribution >= 0.6 is 0 Å². The molecule has 0 atom stereocenters. The van der Waals surface area contributed by atoms with E-state index in [0.717, 1.165) is 22.7 Å². The number of rotatable bonds is 9. The van der Waals surface area contributed by atoms with Gasteiger partial charge in [-0.25, -0.2) is 8.42 Å². The number of hydrazone groups is 1. The molecule has 1 heterocycles. The van der Waals surface area contributed by atoms with Crippen molar-refractivity contribution in [2.75, 3.05) is 25.3 Å². The average molecular weight is 465 g/mol. The highest BCUT2D eigenvalue weighted by Crippen LogP contribution is 2.37. The molecule has 3 rings (SSSR count). The highest BCUT2D eigenvalue weighted by atomic mass is 32.2. The number of nitro groups is 2. The molecule has 0 aromatic heterocycles. The first-order valence-electron chi connectivity index (χ1n) is 9.34. The lowest BCUT2D eigenvalue weighted by molar-refractivity contribution is -0.385. The van der Waals surface area contributed by atoms with Gasteiger partial charge in [0.15, 0.2) is 11.5 Å². The molecular formula is C18H19N5O8S. The number of hydrogen-bond donors (Lipinski definition) is 1. The number of non-ortho nitro benzene ring substituents is 1. The zero-order valence-electron chi connectivity index (χ0n) is 17.0. The minimum Gasteiger partial charge on any atom is -0.454 e. The smallest absolute Gasteiger partial charge is 0.282 e. The van der Waals surface area contributed by atoms with Crippen LogP contribution in [0.15, 0.2) is 40.3 Å². The van der Waals surface area contributed by atoms with E-state index in [9.17, 15) is 28.6 Å². The van der Waals surface area contributed by atoms with Gasteiger partial charge in [0, 0.05) is 25.2 Å². The number of hydrogen-bond acceptors (Lipinski definition) is 10. The molecule has 0 amide bonds. The van der Waals surface area contributed by atoms with Crippen LogP contribution in [0.3, 0.4) is 0 Å². The van der Waals surface area contributed by atoms with Crippen LogP contribution in [0, 0.1) is 20.2 Å². The summed E-state index contributed by atoms with van der Waals surface area (Å²) in [6.45, 7) is 3.53. The van der Waals surface area contributed by atoms with E-state index >= 15 is 0 Å². The number of nitrogens with one attached hydrogen (secondary N) is 1. The zero-order valence-corrected chi connectivity index (χ0v) is 17.9. The molecule has 1 aliphatic heterocycles. The summed E-state index contributed by atoms with van der Waals surface area (Å²) in [5.41, 5.74) is 1.88. The van der Waals surface area contributed by atoms with Crippen LogP contribution in [0.5, 0.6) is 11.5 Å². The number of sulfonamides is 1. The van der Waals surface area contributed by atoms with Crippen molar-refractivity contribution in [3.63, 3.8) is 0 Å². The van der Waals surface area contributed by atoms with E-state index in [-0.39, 0.29) is 47.5 Å². The normalized spacial score (nSPS) is 13.0. The van der Waals surface area contributed by atoms with Gasteiger partial charge < -0.3 is 9.47 Å². The molecule has 0 bridgehead atoms. The molecule has 170 valence electrons. The van der Waals surface area contributed by atoms with Crippen molar-refractivity contribution in [3.8, 4) is 11.5 Å². The number of ether oxygens (including phenoxy) is 2. The van der Waals surface area contributed by atoms with Crippen molar-refractivity contribution in [2.24, 2.45) is 5.10 Å². The molecule has 0 fully saturated rings. The Balaban J connectivity index is 1.99. The molecule has 0 saturated heterocycles. The van der Waals surface area contributed by atoms with Crippen LogP contribution in [-0.4, -0.2) is 48.7 Å². The van der Waals surface area contributed by atoms with Gasteiger partial charge in [0.05, 0.1) is 33.4 Å². The highest BCUT2D eigenvalue weighted by molar-refractivity contribution is 7.89. The second-order valence-corrected chi connectivity index (χ2v) is 8.32. The van der Waals surface area contributed by atoms with Gasteiger partial charge in [0.25, 0.3) is 11.4 Å². The number of nitrogens with zero attached hydrogens (tertiary/aromatic N) is 4. The zero-order chi connectivity index (χ0) is 23.5. The van der Waals surface area contributed by atoms with Crippen LogP contribution in [0.25, 0.3) is 0 Å². The van der Waals surface area contributed by atoms with Crippen molar-refractivity contribution in [1.29, 1.82) is 0 Å². The summed E-state index contributed by atoms with van der Waals surface area (Å²) >= 11 is 0. The second-order valence-electron chi connectivity index (χ2n) is 6.42.